The van der Waals surface area contributed by atoms with E-state index >= 15 is 0 Å². The summed E-state index contributed by atoms with van der Waals surface area (Å²) in [7, 11) is 0. The van der Waals surface area contributed by atoms with E-state index in [1.165, 1.54) is 19.3 Å². The van der Waals surface area contributed by atoms with E-state index in [1.807, 2.05) is 6.07 Å². The van der Waals surface area contributed by atoms with Gasteiger partial charge >= 0.3 is 0 Å². The summed E-state index contributed by atoms with van der Waals surface area (Å²) in [5, 5.41) is 3.71. The molecule has 1 aliphatic rings. The third-order valence-electron chi connectivity index (χ3n) is 4.10. The van der Waals surface area contributed by atoms with Crippen LogP contribution >= 0.6 is 15.9 Å². The number of hydrogen-bond donors (Lipinski definition) is 1. The van der Waals surface area contributed by atoms with Crippen LogP contribution in [0.4, 0.5) is 4.39 Å². The lowest BCUT2D eigenvalue weighted by molar-refractivity contribution is 0.285. The van der Waals surface area contributed by atoms with Crippen molar-refractivity contribution in [3.63, 3.8) is 0 Å². The van der Waals surface area contributed by atoms with Crippen molar-refractivity contribution in [1.29, 1.82) is 0 Å². The topological polar surface area (TPSA) is 12.0 Å². The molecule has 106 valence electrons. The number of halogens is 2. The van der Waals surface area contributed by atoms with Gasteiger partial charge in [0.25, 0.3) is 0 Å². The highest BCUT2D eigenvalue weighted by Crippen LogP contribution is 2.30. The van der Waals surface area contributed by atoms with Crippen molar-refractivity contribution in [2.45, 2.75) is 57.4 Å². The van der Waals surface area contributed by atoms with Crippen molar-refractivity contribution in [2.24, 2.45) is 0 Å². The summed E-state index contributed by atoms with van der Waals surface area (Å²) in [6.45, 7) is 3.28. The van der Waals surface area contributed by atoms with Gasteiger partial charge in [-0.3, -0.25) is 0 Å². The monoisotopic (exact) mass is 327 g/mol. The minimum atomic E-state index is -0.0790. The third-order valence-corrected chi connectivity index (χ3v) is 4.59. The molecule has 1 fully saturated rings. The van der Waals surface area contributed by atoms with E-state index < -0.39 is 0 Å². The molecule has 1 atom stereocenters. The predicted octanol–water partition coefficient (Wildman–Crippen LogP) is 4.83. The summed E-state index contributed by atoms with van der Waals surface area (Å²) in [5.41, 5.74) is 0.921. The van der Waals surface area contributed by atoms with Crippen molar-refractivity contribution in [2.75, 3.05) is 6.54 Å². The van der Waals surface area contributed by atoms with E-state index in [9.17, 15) is 4.39 Å². The molecule has 0 bridgehead atoms. The van der Waals surface area contributed by atoms with Gasteiger partial charge in [0.15, 0.2) is 0 Å². The number of benzene rings is 1. The lowest BCUT2D eigenvalue weighted by Gasteiger charge is -2.34. The Kier molecular flexibility index (Phi) is 5.40. The predicted molar refractivity (Wildman–Crippen MR) is 81.9 cm³/mol. The van der Waals surface area contributed by atoms with E-state index in [-0.39, 0.29) is 11.4 Å². The Morgan fingerprint density at radius 1 is 1.32 bits per heavy atom. The summed E-state index contributed by atoms with van der Waals surface area (Å²) >= 11 is 3.45. The Morgan fingerprint density at radius 3 is 2.95 bits per heavy atom. The average Bonchev–Trinajstić information content (AvgIpc) is 2.60. The fourth-order valence-corrected chi connectivity index (χ4v) is 3.59. The summed E-state index contributed by atoms with van der Waals surface area (Å²) in [6, 6.07) is 5.26. The second kappa shape index (κ2) is 6.85. The van der Waals surface area contributed by atoms with Crippen molar-refractivity contribution < 1.29 is 4.39 Å². The Morgan fingerprint density at radius 2 is 2.16 bits per heavy atom. The molecule has 1 aliphatic heterocycles. The maximum absolute atomic E-state index is 14.0. The number of hydrogen-bond acceptors (Lipinski definition) is 1. The van der Waals surface area contributed by atoms with Gasteiger partial charge in [0.1, 0.15) is 5.82 Å². The second-order valence-corrected chi connectivity index (χ2v) is 6.60. The van der Waals surface area contributed by atoms with Gasteiger partial charge in [0.2, 0.25) is 0 Å². The molecular formula is C16H23BrFN. The second-order valence-electron chi connectivity index (χ2n) is 5.68. The zero-order chi connectivity index (χ0) is 13.7. The van der Waals surface area contributed by atoms with Crippen LogP contribution in [0.5, 0.6) is 0 Å². The number of nitrogens with one attached hydrogen (secondary N) is 1. The first-order chi connectivity index (χ1) is 9.15. The third kappa shape index (κ3) is 4.03. The smallest absolute Gasteiger partial charge is 0.126 e. The van der Waals surface area contributed by atoms with E-state index in [2.05, 4.69) is 28.2 Å². The summed E-state index contributed by atoms with van der Waals surface area (Å²) in [4.78, 5) is 0. The average molecular weight is 328 g/mol. The minimum Gasteiger partial charge on any atom is -0.311 e. The standard InChI is InChI=1S/C16H23BrFN/c1-2-8-16(9-4-3-5-10-19-16)12-13-11-14(17)6-7-15(13)18/h6-7,11,19H,2-5,8-10,12H2,1H3. The molecule has 0 spiro atoms. The lowest BCUT2D eigenvalue weighted by atomic mass is 9.82. The first kappa shape index (κ1) is 15.0. The summed E-state index contributed by atoms with van der Waals surface area (Å²) in [6.07, 6.45) is 8.01. The Hall–Kier alpha value is -0.410. The molecule has 1 nitrogen and oxygen atoms in total. The summed E-state index contributed by atoms with van der Waals surface area (Å²) in [5.74, 6) is -0.0790. The molecule has 0 saturated carbocycles. The molecule has 2 rings (SSSR count). The van der Waals surface area contributed by atoms with Gasteiger partial charge in [-0.2, -0.15) is 0 Å². The quantitative estimate of drug-likeness (QED) is 0.834. The highest BCUT2D eigenvalue weighted by Gasteiger charge is 2.30. The molecule has 1 unspecified atom stereocenters. The molecule has 19 heavy (non-hydrogen) atoms. The van der Waals surface area contributed by atoms with Gasteiger partial charge in [-0.05, 0) is 56.0 Å². The van der Waals surface area contributed by atoms with Crippen molar-refractivity contribution in [3.05, 3.63) is 34.1 Å². The lowest BCUT2D eigenvalue weighted by Crippen LogP contribution is -2.46. The fourth-order valence-electron chi connectivity index (χ4n) is 3.18. The Bertz CT molecular complexity index is 411. The fraction of sp³-hybridized carbons (Fsp3) is 0.625. The number of rotatable bonds is 4. The molecular weight excluding hydrogens is 305 g/mol. The van der Waals surface area contributed by atoms with Crippen molar-refractivity contribution in [1.82, 2.24) is 5.32 Å². The van der Waals surface area contributed by atoms with Gasteiger partial charge in [0, 0.05) is 10.0 Å². The van der Waals surface area contributed by atoms with Crippen LogP contribution in [0.25, 0.3) is 0 Å². The molecule has 1 aromatic rings. The van der Waals surface area contributed by atoms with Gasteiger partial charge < -0.3 is 5.32 Å². The van der Waals surface area contributed by atoms with Crippen molar-refractivity contribution >= 4 is 15.9 Å². The minimum absolute atomic E-state index is 0.0790. The molecule has 1 heterocycles. The molecule has 0 radical (unpaired) electrons. The van der Waals surface area contributed by atoms with Crippen LogP contribution in [0, 0.1) is 5.82 Å². The SMILES string of the molecule is CCCC1(Cc2cc(Br)ccc2F)CCCCCN1. The van der Waals surface area contributed by atoms with Gasteiger partial charge in [-0.1, -0.05) is 42.1 Å². The van der Waals surface area contributed by atoms with E-state index in [4.69, 9.17) is 0 Å². The van der Waals surface area contributed by atoms with E-state index in [0.717, 1.165) is 42.3 Å². The Balaban J connectivity index is 2.21. The van der Waals surface area contributed by atoms with E-state index in [1.54, 1.807) is 12.1 Å². The Labute approximate surface area is 124 Å². The van der Waals surface area contributed by atoms with E-state index in [0.29, 0.717) is 0 Å². The molecule has 3 heteroatoms. The molecule has 0 aliphatic carbocycles. The van der Waals surface area contributed by atoms with Gasteiger partial charge in [-0.25, -0.2) is 4.39 Å². The van der Waals surface area contributed by atoms with Gasteiger partial charge in [0.05, 0.1) is 0 Å². The van der Waals surface area contributed by atoms with Crippen LogP contribution in [0.15, 0.2) is 22.7 Å². The molecule has 0 amide bonds. The van der Waals surface area contributed by atoms with Crippen LogP contribution in [0.3, 0.4) is 0 Å². The van der Waals surface area contributed by atoms with Crippen LogP contribution in [-0.4, -0.2) is 12.1 Å². The largest absolute Gasteiger partial charge is 0.311 e. The highest BCUT2D eigenvalue weighted by atomic mass is 79.9. The summed E-state index contributed by atoms with van der Waals surface area (Å²) < 4.78 is 15.0. The van der Waals surface area contributed by atoms with Crippen LogP contribution in [-0.2, 0) is 6.42 Å². The molecule has 1 aromatic carbocycles. The molecule has 1 N–H and O–H groups in total. The normalized spacial score (nSPS) is 24.2. The highest BCUT2D eigenvalue weighted by molar-refractivity contribution is 9.10. The van der Waals surface area contributed by atoms with Crippen LogP contribution in [0.2, 0.25) is 0 Å². The zero-order valence-electron chi connectivity index (χ0n) is 11.6. The zero-order valence-corrected chi connectivity index (χ0v) is 13.2. The first-order valence-electron chi connectivity index (χ1n) is 7.34. The maximum Gasteiger partial charge on any atom is 0.126 e. The first-order valence-corrected chi connectivity index (χ1v) is 8.13. The van der Waals surface area contributed by atoms with Crippen LogP contribution in [0.1, 0.15) is 51.0 Å². The van der Waals surface area contributed by atoms with Crippen molar-refractivity contribution in [3.8, 4) is 0 Å². The maximum atomic E-state index is 14.0. The molecule has 1 saturated heterocycles. The molecule has 0 aromatic heterocycles. The van der Waals surface area contributed by atoms with Crippen LogP contribution < -0.4 is 5.32 Å². The van der Waals surface area contributed by atoms with Gasteiger partial charge in [-0.15, -0.1) is 0 Å².